The molecule has 5 heteroatoms. The van der Waals surface area contributed by atoms with Gasteiger partial charge in [-0.15, -0.1) is 0 Å². The van der Waals surface area contributed by atoms with Gasteiger partial charge in [-0.25, -0.2) is 4.98 Å². The van der Waals surface area contributed by atoms with Gasteiger partial charge in [0.15, 0.2) is 0 Å². The van der Waals surface area contributed by atoms with E-state index in [0.717, 1.165) is 39.3 Å². The largest absolute Gasteiger partial charge is 0.379 e. The zero-order chi connectivity index (χ0) is 17.2. The molecule has 1 aliphatic heterocycles. The zero-order valence-electron chi connectivity index (χ0n) is 15.0. The number of aromatic nitrogens is 3. The Morgan fingerprint density at radius 1 is 1.24 bits per heavy atom. The first kappa shape index (κ1) is 16.4. The summed E-state index contributed by atoms with van der Waals surface area (Å²) in [6.45, 7) is 9.21. The van der Waals surface area contributed by atoms with Crippen molar-refractivity contribution in [3.63, 3.8) is 0 Å². The van der Waals surface area contributed by atoms with Crippen molar-refractivity contribution in [1.29, 1.82) is 0 Å². The molecule has 3 aromatic rings. The predicted molar refractivity (Wildman–Crippen MR) is 101 cm³/mol. The molecule has 132 valence electrons. The highest BCUT2D eigenvalue weighted by Gasteiger charge is 2.21. The van der Waals surface area contributed by atoms with Crippen LogP contribution in [0.2, 0.25) is 0 Å². The fourth-order valence-corrected chi connectivity index (χ4v) is 3.82. The molecule has 0 saturated carbocycles. The average Bonchev–Trinajstić information content (AvgIpc) is 3.25. The number of H-pyrrole nitrogens is 1. The number of imidazole rings is 1. The molecule has 1 fully saturated rings. The summed E-state index contributed by atoms with van der Waals surface area (Å²) in [7, 11) is 0. The Labute approximate surface area is 148 Å². The van der Waals surface area contributed by atoms with Gasteiger partial charge in [-0.1, -0.05) is 25.1 Å². The number of nitrogens with zero attached hydrogens (tertiary/aromatic N) is 3. The molecule has 0 unspecified atom stereocenters. The number of aryl methyl sites for hydroxylation is 1. The van der Waals surface area contributed by atoms with Gasteiger partial charge < -0.3 is 14.3 Å². The molecule has 1 aromatic carbocycles. The number of rotatable bonds is 5. The smallest absolute Gasteiger partial charge is 0.0954 e. The number of fused-ring (bicyclic) bond motifs is 1. The molecule has 1 N–H and O–H groups in total. The Hall–Kier alpha value is -2.11. The highest BCUT2D eigenvalue weighted by atomic mass is 16.5. The van der Waals surface area contributed by atoms with Gasteiger partial charge >= 0.3 is 0 Å². The molecule has 3 heterocycles. The van der Waals surface area contributed by atoms with E-state index in [2.05, 4.69) is 57.5 Å². The minimum Gasteiger partial charge on any atom is -0.379 e. The van der Waals surface area contributed by atoms with Gasteiger partial charge in [0.25, 0.3) is 0 Å². The van der Waals surface area contributed by atoms with Crippen molar-refractivity contribution in [1.82, 2.24) is 19.4 Å². The van der Waals surface area contributed by atoms with E-state index in [9.17, 15) is 0 Å². The summed E-state index contributed by atoms with van der Waals surface area (Å²) in [5, 5.41) is 1.28. The minimum atomic E-state index is 0.418. The number of hydrogen-bond acceptors (Lipinski definition) is 3. The first-order chi connectivity index (χ1) is 12.3. The van der Waals surface area contributed by atoms with Gasteiger partial charge in [-0.05, 0) is 25.0 Å². The summed E-state index contributed by atoms with van der Waals surface area (Å²) < 4.78 is 7.82. The number of hydrogen-bond donors (Lipinski definition) is 1. The SMILES string of the molecule is CC[C@H](CN1CCOCC1)n1cncc1-c1[nH]c2ccccc2c1C. The van der Waals surface area contributed by atoms with Crippen LogP contribution in [0.15, 0.2) is 36.8 Å². The summed E-state index contributed by atoms with van der Waals surface area (Å²) in [6, 6.07) is 8.90. The second-order valence-corrected chi connectivity index (χ2v) is 6.83. The maximum absolute atomic E-state index is 5.48. The molecule has 0 aliphatic carbocycles. The molecule has 25 heavy (non-hydrogen) atoms. The molecule has 0 bridgehead atoms. The normalized spacial score (nSPS) is 17.2. The number of aromatic amines is 1. The number of para-hydroxylation sites is 1. The van der Waals surface area contributed by atoms with Crippen molar-refractivity contribution in [3.05, 3.63) is 42.4 Å². The first-order valence-corrected chi connectivity index (χ1v) is 9.17. The molecule has 5 nitrogen and oxygen atoms in total. The van der Waals surface area contributed by atoms with E-state index in [1.165, 1.54) is 27.9 Å². The molecule has 0 spiro atoms. The Bertz CT molecular complexity index is 844. The fraction of sp³-hybridized carbons (Fsp3) is 0.450. The molecule has 0 amide bonds. The lowest BCUT2D eigenvalue weighted by Gasteiger charge is -2.31. The quantitative estimate of drug-likeness (QED) is 0.773. The van der Waals surface area contributed by atoms with E-state index < -0.39 is 0 Å². The fourth-order valence-electron chi connectivity index (χ4n) is 3.82. The van der Waals surface area contributed by atoms with Crippen molar-refractivity contribution in [2.75, 3.05) is 32.8 Å². The van der Waals surface area contributed by atoms with Crippen molar-refractivity contribution in [2.24, 2.45) is 0 Å². The number of ether oxygens (including phenoxy) is 1. The summed E-state index contributed by atoms with van der Waals surface area (Å²) >= 11 is 0. The van der Waals surface area contributed by atoms with Crippen LogP contribution in [0.3, 0.4) is 0 Å². The van der Waals surface area contributed by atoms with E-state index >= 15 is 0 Å². The summed E-state index contributed by atoms with van der Waals surface area (Å²) in [5.41, 5.74) is 4.83. The van der Waals surface area contributed by atoms with Crippen molar-refractivity contribution in [2.45, 2.75) is 26.3 Å². The highest BCUT2D eigenvalue weighted by Crippen LogP contribution is 2.31. The second kappa shape index (κ2) is 7.02. The van der Waals surface area contributed by atoms with E-state index in [0.29, 0.717) is 6.04 Å². The Kier molecular flexibility index (Phi) is 4.59. The van der Waals surface area contributed by atoms with Gasteiger partial charge in [-0.3, -0.25) is 4.90 Å². The van der Waals surface area contributed by atoms with Gasteiger partial charge in [0, 0.05) is 36.6 Å². The highest BCUT2D eigenvalue weighted by molar-refractivity contribution is 5.89. The maximum atomic E-state index is 5.48. The van der Waals surface area contributed by atoms with E-state index in [-0.39, 0.29) is 0 Å². The number of morpholine rings is 1. The monoisotopic (exact) mass is 338 g/mol. The van der Waals surface area contributed by atoms with Gasteiger partial charge in [0.2, 0.25) is 0 Å². The first-order valence-electron chi connectivity index (χ1n) is 9.17. The average molecular weight is 338 g/mol. The van der Waals surface area contributed by atoms with Crippen LogP contribution in [0, 0.1) is 6.92 Å². The van der Waals surface area contributed by atoms with Gasteiger partial charge in [0.05, 0.1) is 37.1 Å². The third-order valence-corrected chi connectivity index (χ3v) is 5.33. The molecule has 0 radical (unpaired) electrons. The van der Waals surface area contributed by atoms with Crippen LogP contribution in [-0.2, 0) is 4.74 Å². The molecular formula is C20H26N4O. The van der Waals surface area contributed by atoms with E-state index in [1.807, 2.05) is 12.5 Å². The molecule has 1 atom stereocenters. The number of nitrogens with one attached hydrogen (secondary N) is 1. The standard InChI is InChI=1S/C20H26N4O/c1-3-16(13-23-8-10-25-11-9-23)24-14-21-12-19(24)20-15(2)17-6-4-5-7-18(17)22-20/h4-7,12,14,16,22H,3,8-11,13H2,1-2H3/t16-/m1/s1. The van der Waals surface area contributed by atoms with Crippen LogP contribution in [0.5, 0.6) is 0 Å². The predicted octanol–water partition coefficient (Wildman–Crippen LogP) is 3.62. The molecule has 2 aromatic heterocycles. The van der Waals surface area contributed by atoms with Crippen LogP contribution >= 0.6 is 0 Å². The van der Waals surface area contributed by atoms with Crippen LogP contribution in [0.1, 0.15) is 24.9 Å². The third-order valence-electron chi connectivity index (χ3n) is 5.33. The maximum Gasteiger partial charge on any atom is 0.0954 e. The van der Waals surface area contributed by atoms with E-state index in [1.54, 1.807) is 0 Å². The van der Waals surface area contributed by atoms with Crippen LogP contribution in [0.4, 0.5) is 0 Å². The van der Waals surface area contributed by atoms with Crippen LogP contribution in [0.25, 0.3) is 22.3 Å². The second-order valence-electron chi connectivity index (χ2n) is 6.83. The lowest BCUT2D eigenvalue weighted by molar-refractivity contribution is 0.0313. The lowest BCUT2D eigenvalue weighted by atomic mass is 10.1. The van der Waals surface area contributed by atoms with Crippen LogP contribution < -0.4 is 0 Å². The van der Waals surface area contributed by atoms with Gasteiger partial charge in [-0.2, -0.15) is 0 Å². The van der Waals surface area contributed by atoms with Crippen molar-refractivity contribution >= 4 is 10.9 Å². The Balaban J connectivity index is 1.67. The topological polar surface area (TPSA) is 46.1 Å². The van der Waals surface area contributed by atoms with E-state index in [4.69, 9.17) is 4.74 Å². The van der Waals surface area contributed by atoms with Gasteiger partial charge in [0.1, 0.15) is 0 Å². The van der Waals surface area contributed by atoms with Crippen molar-refractivity contribution in [3.8, 4) is 11.4 Å². The minimum absolute atomic E-state index is 0.418. The molecule has 4 rings (SSSR count). The summed E-state index contributed by atoms with van der Waals surface area (Å²) in [5.74, 6) is 0. The summed E-state index contributed by atoms with van der Waals surface area (Å²) in [6.07, 6.45) is 5.05. The molecular weight excluding hydrogens is 312 g/mol. The Morgan fingerprint density at radius 2 is 2.04 bits per heavy atom. The molecule has 1 saturated heterocycles. The molecule has 1 aliphatic rings. The zero-order valence-corrected chi connectivity index (χ0v) is 15.0. The van der Waals surface area contributed by atoms with Crippen molar-refractivity contribution < 1.29 is 4.74 Å². The van der Waals surface area contributed by atoms with Crippen LogP contribution in [-0.4, -0.2) is 52.3 Å². The lowest BCUT2D eigenvalue weighted by Crippen LogP contribution is -2.39. The third kappa shape index (κ3) is 3.10. The summed E-state index contributed by atoms with van der Waals surface area (Å²) in [4.78, 5) is 10.6. The number of benzene rings is 1. The Morgan fingerprint density at radius 3 is 2.80 bits per heavy atom.